The van der Waals surface area contributed by atoms with Gasteiger partial charge in [-0.15, -0.1) is 0 Å². The maximum atomic E-state index is 4.75. The Labute approximate surface area is 102 Å². The molecule has 1 aromatic carbocycles. The monoisotopic (exact) mass is 230 g/mol. The first-order valence-electron chi connectivity index (χ1n) is 6.14. The molecule has 4 nitrogen and oxygen atoms in total. The van der Waals surface area contributed by atoms with Gasteiger partial charge in [0.15, 0.2) is 0 Å². The van der Waals surface area contributed by atoms with Gasteiger partial charge in [-0.1, -0.05) is 12.1 Å². The van der Waals surface area contributed by atoms with E-state index in [1.165, 1.54) is 29.7 Å². The Morgan fingerprint density at radius 3 is 3.12 bits per heavy atom. The van der Waals surface area contributed by atoms with E-state index in [0.29, 0.717) is 6.04 Å². The van der Waals surface area contributed by atoms with Crippen LogP contribution in [0.2, 0.25) is 0 Å². The van der Waals surface area contributed by atoms with Crippen molar-refractivity contribution in [1.82, 2.24) is 10.4 Å². The fourth-order valence-electron chi connectivity index (χ4n) is 2.68. The van der Waals surface area contributed by atoms with Crippen LogP contribution in [0.4, 0.5) is 5.69 Å². The van der Waals surface area contributed by atoms with Gasteiger partial charge in [-0.25, -0.2) is 10.0 Å². The summed E-state index contributed by atoms with van der Waals surface area (Å²) in [5, 5.41) is 5.27. The third kappa shape index (κ3) is 1.89. The first-order valence-corrected chi connectivity index (χ1v) is 6.14. The van der Waals surface area contributed by atoms with Crippen molar-refractivity contribution in [2.45, 2.75) is 25.3 Å². The highest BCUT2D eigenvalue weighted by Crippen LogP contribution is 2.39. The zero-order valence-electron chi connectivity index (χ0n) is 10.3. The summed E-state index contributed by atoms with van der Waals surface area (Å²) in [5.74, 6) is 0.853. The molecule has 1 aliphatic heterocycles. The van der Waals surface area contributed by atoms with Crippen LogP contribution in [0.25, 0.3) is 0 Å². The van der Waals surface area contributed by atoms with Gasteiger partial charge in [0.25, 0.3) is 0 Å². The lowest BCUT2D eigenvalue weighted by atomic mass is 9.86. The second kappa shape index (κ2) is 4.04. The van der Waals surface area contributed by atoms with E-state index in [0.717, 1.165) is 12.4 Å². The molecule has 0 fully saturated rings. The van der Waals surface area contributed by atoms with E-state index in [1.807, 2.05) is 19.1 Å². The molecule has 0 bridgehead atoms. The third-order valence-electron chi connectivity index (χ3n) is 3.32. The number of rotatable bonds is 1. The maximum Gasteiger partial charge on any atom is 0.211 e. The number of benzene rings is 1. The predicted molar refractivity (Wildman–Crippen MR) is 70.0 cm³/mol. The molecule has 2 aliphatic rings. The Hall–Kier alpha value is -1.55. The molecule has 3 rings (SSSR count). The molecular weight excluding hydrogens is 212 g/mol. The van der Waals surface area contributed by atoms with Gasteiger partial charge < -0.3 is 5.32 Å². The smallest absolute Gasteiger partial charge is 0.211 e. The van der Waals surface area contributed by atoms with Crippen LogP contribution >= 0.6 is 0 Å². The first kappa shape index (κ1) is 10.6. The lowest BCUT2D eigenvalue weighted by Crippen LogP contribution is -2.42. The molecule has 0 saturated carbocycles. The van der Waals surface area contributed by atoms with Gasteiger partial charge in [0.05, 0.1) is 6.04 Å². The molecule has 2 N–H and O–H groups in total. The van der Waals surface area contributed by atoms with E-state index in [9.17, 15) is 0 Å². The number of nitrogens with zero attached hydrogens (tertiary/aromatic N) is 2. The van der Waals surface area contributed by atoms with E-state index in [2.05, 4.69) is 28.9 Å². The van der Waals surface area contributed by atoms with Gasteiger partial charge >= 0.3 is 0 Å². The zero-order chi connectivity index (χ0) is 11.8. The number of guanidine groups is 1. The van der Waals surface area contributed by atoms with Crippen molar-refractivity contribution in [3.05, 3.63) is 29.3 Å². The van der Waals surface area contributed by atoms with Crippen LogP contribution in [0.1, 0.15) is 30.0 Å². The molecule has 4 heteroatoms. The van der Waals surface area contributed by atoms with Crippen LogP contribution in [0, 0.1) is 0 Å². The van der Waals surface area contributed by atoms with Crippen LogP contribution in [-0.4, -0.2) is 25.1 Å². The molecule has 17 heavy (non-hydrogen) atoms. The van der Waals surface area contributed by atoms with Crippen LogP contribution in [0.3, 0.4) is 0 Å². The van der Waals surface area contributed by atoms with Crippen molar-refractivity contribution in [3.8, 4) is 0 Å². The molecule has 0 amide bonds. The number of hydrogen-bond acceptors (Lipinski definition) is 4. The minimum atomic E-state index is 0.332. The Morgan fingerprint density at radius 1 is 1.41 bits per heavy atom. The van der Waals surface area contributed by atoms with E-state index < -0.39 is 0 Å². The minimum Gasteiger partial charge on any atom is -0.325 e. The number of hydrogen-bond donors (Lipinski definition) is 2. The molecule has 0 saturated heterocycles. The molecular formula is C13H18N4. The number of nitrogens with one attached hydrogen (secondary N) is 2. The van der Waals surface area contributed by atoms with E-state index in [-0.39, 0.29) is 0 Å². The Bertz CT molecular complexity index is 464. The standard InChI is InChI=1S/C13H18N4/c1-17(2)16-13-14-10-7-3-5-9-6-4-8-11(15-13)12(9)10/h3,5,7,11H,4,6,8H2,1-2H3,(H2,14,15,16). The summed E-state index contributed by atoms with van der Waals surface area (Å²) in [7, 11) is 3.94. The second-order valence-electron chi connectivity index (χ2n) is 4.90. The lowest BCUT2D eigenvalue weighted by Gasteiger charge is -2.31. The van der Waals surface area contributed by atoms with E-state index in [4.69, 9.17) is 4.99 Å². The topological polar surface area (TPSA) is 39.7 Å². The predicted octanol–water partition coefficient (Wildman–Crippen LogP) is 1.91. The third-order valence-corrected chi connectivity index (χ3v) is 3.32. The van der Waals surface area contributed by atoms with Crippen LogP contribution in [0.5, 0.6) is 0 Å². The van der Waals surface area contributed by atoms with Gasteiger partial charge in [-0.3, -0.25) is 5.43 Å². The largest absolute Gasteiger partial charge is 0.325 e. The minimum absolute atomic E-state index is 0.332. The Morgan fingerprint density at radius 2 is 2.29 bits per heavy atom. The van der Waals surface area contributed by atoms with Gasteiger partial charge in [0.2, 0.25) is 5.96 Å². The lowest BCUT2D eigenvalue weighted by molar-refractivity contribution is 0.359. The average molecular weight is 230 g/mol. The second-order valence-corrected chi connectivity index (χ2v) is 4.90. The van der Waals surface area contributed by atoms with Crippen molar-refractivity contribution < 1.29 is 0 Å². The summed E-state index contributed by atoms with van der Waals surface area (Å²) in [6.45, 7) is 0. The Kier molecular flexibility index (Phi) is 2.52. The average Bonchev–Trinajstić information content (AvgIpc) is 2.28. The number of aliphatic imine (C=N–C) groups is 1. The summed E-state index contributed by atoms with van der Waals surface area (Å²) < 4.78 is 0. The molecule has 0 spiro atoms. The van der Waals surface area contributed by atoms with Crippen molar-refractivity contribution in [3.63, 3.8) is 0 Å². The van der Waals surface area contributed by atoms with Gasteiger partial charge in [-0.2, -0.15) is 0 Å². The highest BCUT2D eigenvalue weighted by molar-refractivity contribution is 5.96. The highest BCUT2D eigenvalue weighted by Gasteiger charge is 2.26. The van der Waals surface area contributed by atoms with Crippen LogP contribution < -0.4 is 10.7 Å². The number of hydrazine groups is 1. The van der Waals surface area contributed by atoms with Gasteiger partial charge in [-0.05, 0) is 30.9 Å². The summed E-state index contributed by atoms with van der Waals surface area (Å²) in [5.41, 5.74) is 7.28. The number of anilines is 1. The zero-order valence-corrected chi connectivity index (χ0v) is 10.3. The molecule has 1 atom stereocenters. The van der Waals surface area contributed by atoms with E-state index in [1.54, 1.807) is 0 Å². The first-order chi connectivity index (χ1) is 8.24. The Balaban J connectivity index is 1.97. The van der Waals surface area contributed by atoms with Crippen molar-refractivity contribution >= 4 is 11.6 Å². The van der Waals surface area contributed by atoms with Gasteiger partial charge in [0, 0.05) is 25.3 Å². The normalized spacial score (nSPS) is 21.6. The summed E-state index contributed by atoms with van der Waals surface area (Å²) in [4.78, 5) is 4.75. The summed E-state index contributed by atoms with van der Waals surface area (Å²) >= 11 is 0. The van der Waals surface area contributed by atoms with E-state index >= 15 is 0 Å². The molecule has 0 radical (unpaired) electrons. The van der Waals surface area contributed by atoms with Crippen LogP contribution in [-0.2, 0) is 6.42 Å². The molecule has 1 aromatic rings. The van der Waals surface area contributed by atoms with Crippen molar-refractivity contribution in [1.29, 1.82) is 0 Å². The van der Waals surface area contributed by atoms with Gasteiger partial charge in [0.1, 0.15) is 0 Å². The molecule has 1 aliphatic carbocycles. The van der Waals surface area contributed by atoms with Crippen LogP contribution in [0.15, 0.2) is 23.2 Å². The maximum absolute atomic E-state index is 4.75. The molecule has 90 valence electrons. The summed E-state index contributed by atoms with van der Waals surface area (Å²) in [6.07, 6.45) is 3.58. The number of aryl methyl sites for hydroxylation is 1. The fraction of sp³-hybridized carbons (Fsp3) is 0.462. The molecule has 1 unspecified atom stereocenters. The quantitative estimate of drug-likeness (QED) is 0.724. The fourth-order valence-corrected chi connectivity index (χ4v) is 2.68. The highest BCUT2D eigenvalue weighted by atomic mass is 15.5. The molecule has 1 heterocycles. The summed E-state index contributed by atoms with van der Waals surface area (Å²) in [6, 6.07) is 6.83. The SMILES string of the molecule is CN(C)NC1=NC2CCCc3cccc(c32)N1. The van der Waals surface area contributed by atoms with Crippen molar-refractivity contribution in [2.24, 2.45) is 4.99 Å². The molecule has 0 aromatic heterocycles. The van der Waals surface area contributed by atoms with Crippen molar-refractivity contribution in [2.75, 3.05) is 19.4 Å².